The van der Waals surface area contributed by atoms with E-state index in [1.165, 1.54) is 13.2 Å². The quantitative estimate of drug-likeness (QED) is 0.229. The van der Waals surface area contributed by atoms with Gasteiger partial charge >= 0.3 is 5.97 Å². The number of hydrogen-bond donors (Lipinski definition) is 0. The second-order valence-electron chi connectivity index (χ2n) is 10.0. The Labute approximate surface area is 205 Å². The summed E-state index contributed by atoms with van der Waals surface area (Å²) in [6, 6.07) is 10.2. The lowest BCUT2D eigenvalue weighted by Gasteiger charge is -2.43. The Morgan fingerprint density at radius 3 is 2.35 bits per heavy atom. The van der Waals surface area contributed by atoms with Gasteiger partial charge in [-0.25, -0.2) is 4.79 Å². The third-order valence-corrected chi connectivity index (χ3v) is 6.31. The van der Waals surface area contributed by atoms with Gasteiger partial charge in [-0.1, -0.05) is 99.2 Å². The zero-order chi connectivity index (χ0) is 25.4. The van der Waals surface area contributed by atoms with E-state index in [1.54, 1.807) is 0 Å². The van der Waals surface area contributed by atoms with Crippen molar-refractivity contribution in [2.75, 3.05) is 7.11 Å². The highest BCUT2D eigenvalue weighted by Crippen LogP contribution is 2.49. The van der Waals surface area contributed by atoms with Gasteiger partial charge in [0.2, 0.25) is 0 Å². The summed E-state index contributed by atoms with van der Waals surface area (Å²) in [5, 5.41) is 0. The van der Waals surface area contributed by atoms with E-state index in [4.69, 9.17) is 0 Å². The van der Waals surface area contributed by atoms with E-state index in [2.05, 4.69) is 61.9 Å². The Morgan fingerprint density at radius 2 is 1.71 bits per heavy atom. The first-order valence-electron chi connectivity index (χ1n) is 11.8. The molecule has 3 nitrogen and oxygen atoms in total. The highest BCUT2D eigenvalue weighted by molar-refractivity contribution is 6.01. The van der Waals surface area contributed by atoms with Gasteiger partial charge in [-0.3, -0.25) is 4.79 Å². The van der Waals surface area contributed by atoms with Crippen LogP contribution in [0.1, 0.15) is 59.9 Å². The van der Waals surface area contributed by atoms with Crippen molar-refractivity contribution >= 4 is 17.8 Å². The molecule has 0 saturated carbocycles. The van der Waals surface area contributed by atoms with E-state index in [0.717, 1.165) is 40.7 Å². The number of carbonyl (C=O) groups excluding carboxylic acids is 2. The topological polar surface area (TPSA) is 43.4 Å². The minimum absolute atomic E-state index is 0.111. The van der Waals surface area contributed by atoms with Gasteiger partial charge in [0.15, 0.2) is 5.78 Å². The number of hydrogen-bond acceptors (Lipinski definition) is 3. The zero-order valence-electron chi connectivity index (χ0n) is 21.6. The Kier molecular flexibility index (Phi) is 9.37. The van der Waals surface area contributed by atoms with Crippen molar-refractivity contribution in [2.24, 2.45) is 10.8 Å². The summed E-state index contributed by atoms with van der Waals surface area (Å²) in [4.78, 5) is 24.7. The molecule has 1 aromatic rings. The normalized spacial score (nSPS) is 21.8. The summed E-state index contributed by atoms with van der Waals surface area (Å²) in [5.41, 5.74) is 4.45. The number of ketones is 1. The maximum absolute atomic E-state index is 13.4. The first-order chi connectivity index (χ1) is 16.0. The molecule has 1 aliphatic rings. The van der Waals surface area contributed by atoms with Crippen LogP contribution in [0, 0.1) is 10.8 Å². The average molecular weight is 459 g/mol. The second-order valence-corrected chi connectivity index (χ2v) is 10.0. The number of esters is 1. The number of rotatable bonds is 8. The molecule has 0 fully saturated rings. The third kappa shape index (κ3) is 7.41. The molecule has 34 heavy (non-hydrogen) atoms. The molecule has 0 heterocycles. The number of allylic oxidation sites excluding steroid dienone is 10. The third-order valence-electron chi connectivity index (χ3n) is 6.31. The van der Waals surface area contributed by atoms with Crippen LogP contribution in [-0.2, 0) is 14.3 Å². The van der Waals surface area contributed by atoms with E-state index in [1.807, 2.05) is 57.2 Å². The molecular weight excluding hydrogens is 420 g/mol. The molecule has 0 amide bonds. The highest BCUT2D eigenvalue weighted by atomic mass is 16.5. The van der Waals surface area contributed by atoms with E-state index in [9.17, 15) is 9.59 Å². The minimum Gasteiger partial charge on any atom is -0.466 e. The fourth-order valence-electron chi connectivity index (χ4n) is 4.68. The largest absolute Gasteiger partial charge is 0.466 e. The molecule has 0 radical (unpaired) electrons. The first kappa shape index (κ1) is 27.0. The van der Waals surface area contributed by atoms with Crippen LogP contribution in [0.3, 0.4) is 0 Å². The average Bonchev–Trinajstić information content (AvgIpc) is 2.77. The van der Waals surface area contributed by atoms with Gasteiger partial charge < -0.3 is 4.74 Å². The maximum Gasteiger partial charge on any atom is 0.330 e. The van der Waals surface area contributed by atoms with Gasteiger partial charge in [-0.05, 0) is 61.3 Å². The smallest absolute Gasteiger partial charge is 0.330 e. The van der Waals surface area contributed by atoms with Crippen LogP contribution in [0.4, 0.5) is 0 Å². The Bertz CT molecular complexity index is 1070. The predicted octanol–water partition coefficient (Wildman–Crippen LogP) is 7.59. The van der Waals surface area contributed by atoms with E-state index in [-0.39, 0.29) is 17.2 Å². The Hall–Kier alpha value is -3.20. The molecule has 2 rings (SSSR count). The number of methoxy groups -OCH3 is 1. The lowest BCUT2D eigenvalue weighted by atomic mass is 9.60. The van der Waals surface area contributed by atoms with Crippen LogP contribution in [0.15, 0.2) is 95.2 Å². The van der Waals surface area contributed by atoms with Crippen molar-refractivity contribution in [3.8, 4) is 0 Å². The number of Topliss-reactive ketones (excluding diaryl/α,β-unsaturated/α-hetero) is 1. The Balaban J connectivity index is 2.18. The first-order valence-corrected chi connectivity index (χ1v) is 11.8. The van der Waals surface area contributed by atoms with E-state index >= 15 is 0 Å². The summed E-state index contributed by atoms with van der Waals surface area (Å²) < 4.78 is 4.64. The lowest BCUT2D eigenvalue weighted by molar-refractivity contribution is -0.134. The van der Waals surface area contributed by atoms with Crippen molar-refractivity contribution < 1.29 is 14.3 Å². The van der Waals surface area contributed by atoms with Crippen LogP contribution in [0.25, 0.3) is 6.08 Å². The maximum atomic E-state index is 13.4. The molecule has 0 bridgehead atoms. The SMILES string of the molecule is COC(=O)C=C(C)C=CC=C(C)C=CC1=C(C)C(=O)C(C)(CC=Cc2ccccc2)CC1(C)C. The van der Waals surface area contributed by atoms with Gasteiger partial charge in [0.1, 0.15) is 0 Å². The van der Waals surface area contributed by atoms with Gasteiger partial charge in [0.25, 0.3) is 0 Å². The van der Waals surface area contributed by atoms with Crippen molar-refractivity contribution in [2.45, 2.75) is 54.4 Å². The lowest BCUT2D eigenvalue weighted by Crippen LogP contribution is -2.39. The Morgan fingerprint density at radius 1 is 1.03 bits per heavy atom. The number of carbonyl (C=O) groups is 2. The second kappa shape index (κ2) is 11.8. The molecule has 1 atom stereocenters. The molecule has 1 aromatic carbocycles. The van der Waals surface area contributed by atoms with Crippen LogP contribution in [0.5, 0.6) is 0 Å². The minimum atomic E-state index is -0.409. The van der Waals surface area contributed by atoms with E-state index in [0.29, 0.717) is 0 Å². The van der Waals surface area contributed by atoms with Gasteiger partial charge in [-0.2, -0.15) is 0 Å². The van der Waals surface area contributed by atoms with Crippen LogP contribution >= 0.6 is 0 Å². The van der Waals surface area contributed by atoms with Crippen molar-refractivity contribution in [1.82, 2.24) is 0 Å². The van der Waals surface area contributed by atoms with Crippen molar-refractivity contribution in [3.05, 3.63) is 101 Å². The molecule has 0 aromatic heterocycles. The van der Waals surface area contributed by atoms with Gasteiger partial charge in [0, 0.05) is 11.5 Å². The summed E-state index contributed by atoms with van der Waals surface area (Å²) in [6.07, 6.45) is 17.1. The molecule has 1 aliphatic carbocycles. The molecule has 0 spiro atoms. The fourth-order valence-corrected chi connectivity index (χ4v) is 4.68. The van der Waals surface area contributed by atoms with Crippen LogP contribution in [0.2, 0.25) is 0 Å². The molecule has 0 aliphatic heterocycles. The summed E-state index contributed by atoms with van der Waals surface area (Å²) in [6.45, 7) is 12.4. The van der Waals surface area contributed by atoms with E-state index < -0.39 is 5.41 Å². The highest BCUT2D eigenvalue weighted by Gasteiger charge is 2.44. The molecule has 3 heteroatoms. The van der Waals surface area contributed by atoms with Crippen LogP contribution in [-0.4, -0.2) is 18.9 Å². The van der Waals surface area contributed by atoms with Gasteiger partial charge in [-0.15, -0.1) is 0 Å². The van der Waals surface area contributed by atoms with Crippen molar-refractivity contribution in [1.29, 1.82) is 0 Å². The fraction of sp³-hybridized carbons (Fsp3) is 0.355. The zero-order valence-corrected chi connectivity index (χ0v) is 21.6. The molecule has 180 valence electrons. The predicted molar refractivity (Wildman–Crippen MR) is 142 cm³/mol. The van der Waals surface area contributed by atoms with Crippen LogP contribution < -0.4 is 0 Å². The summed E-state index contributed by atoms with van der Waals surface area (Å²) in [7, 11) is 1.36. The monoisotopic (exact) mass is 458 g/mol. The molecular formula is C31H38O3. The van der Waals surface area contributed by atoms with Crippen molar-refractivity contribution in [3.63, 3.8) is 0 Å². The standard InChI is InChI=1S/C31H38O3/c1-23(13-11-14-24(2)21-28(32)34-7)18-19-27-25(3)29(33)31(6,22-30(27,4)5)20-12-17-26-15-9-8-10-16-26/h8-19,21H,20,22H2,1-7H3. The molecule has 0 N–H and O–H groups in total. The molecule has 1 unspecified atom stereocenters. The van der Waals surface area contributed by atoms with Gasteiger partial charge in [0.05, 0.1) is 7.11 Å². The number of benzene rings is 1. The molecule has 0 saturated heterocycles. The summed E-state index contributed by atoms with van der Waals surface area (Å²) >= 11 is 0. The summed E-state index contributed by atoms with van der Waals surface area (Å²) in [5.74, 6) is -0.133. The number of ether oxygens (including phenoxy) is 1.